The molecule has 38 heavy (non-hydrogen) atoms. The Morgan fingerprint density at radius 3 is 2.63 bits per heavy atom. The van der Waals surface area contributed by atoms with E-state index in [1.807, 2.05) is 32.0 Å². The fourth-order valence-corrected chi connectivity index (χ4v) is 4.71. The van der Waals surface area contributed by atoms with Gasteiger partial charge in [0.2, 0.25) is 5.88 Å². The summed E-state index contributed by atoms with van der Waals surface area (Å²) in [5.74, 6) is -0.177. The molecule has 11 heteroatoms. The molecule has 4 heterocycles. The summed E-state index contributed by atoms with van der Waals surface area (Å²) in [7, 11) is 1.48. The quantitative estimate of drug-likeness (QED) is 0.296. The van der Waals surface area contributed by atoms with Crippen LogP contribution < -0.4 is 9.47 Å². The number of ether oxygens (including phenoxy) is 2. The van der Waals surface area contributed by atoms with Crippen molar-refractivity contribution < 1.29 is 23.9 Å². The molecule has 3 aromatic heterocycles. The Bertz CT molecular complexity index is 1490. The third kappa shape index (κ3) is 4.47. The molecule has 1 aliphatic heterocycles. The van der Waals surface area contributed by atoms with E-state index in [0.29, 0.717) is 47.1 Å². The van der Waals surface area contributed by atoms with Gasteiger partial charge in [-0.3, -0.25) is 14.4 Å². The summed E-state index contributed by atoms with van der Waals surface area (Å²) >= 11 is 0. The first-order chi connectivity index (χ1) is 18.4. The molecule has 1 atom stereocenters. The zero-order chi connectivity index (χ0) is 26.8. The number of nitrogens with zero attached hydrogens (tertiary/aromatic N) is 5. The van der Waals surface area contributed by atoms with Crippen LogP contribution in [0, 0.1) is 0 Å². The Hall–Kier alpha value is -4.67. The van der Waals surface area contributed by atoms with E-state index in [0.717, 1.165) is 0 Å². The Morgan fingerprint density at radius 1 is 1.13 bits per heavy atom. The lowest BCUT2D eigenvalue weighted by atomic mass is 10.1. The summed E-state index contributed by atoms with van der Waals surface area (Å²) < 4.78 is 12.4. The number of H-pyrrole nitrogens is 1. The van der Waals surface area contributed by atoms with Crippen LogP contribution in [0.25, 0.3) is 16.7 Å². The highest BCUT2D eigenvalue weighted by atomic mass is 16.5. The number of aromatic nitrogens is 4. The van der Waals surface area contributed by atoms with Gasteiger partial charge in [-0.15, -0.1) is 5.10 Å². The van der Waals surface area contributed by atoms with Crippen molar-refractivity contribution in [2.75, 3.05) is 33.4 Å². The fraction of sp³-hybridized carbons (Fsp3) is 0.296. The number of nitrogens with one attached hydrogen (secondary N) is 1. The number of benzene rings is 1. The second-order valence-electron chi connectivity index (χ2n) is 8.93. The predicted octanol–water partition coefficient (Wildman–Crippen LogP) is 2.71. The van der Waals surface area contributed by atoms with E-state index < -0.39 is 11.7 Å². The molecule has 0 spiro atoms. The van der Waals surface area contributed by atoms with Gasteiger partial charge in [-0.2, -0.15) is 0 Å². The fourth-order valence-electron chi connectivity index (χ4n) is 4.71. The second kappa shape index (κ2) is 10.4. The van der Waals surface area contributed by atoms with Crippen molar-refractivity contribution in [2.24, 2.45) is 0 Å². The van der Waals surface area contributed by atoms with E-state index in [-0.39, 0.29) is 30.6 Å². The number of hydrogen-bond acceptors (Lipinski definition) is 7. The van der Waals surface area contributed by atoms with Gasteiger partial charge >= 0.3 is 0 Å². The van der Waals surface area contributed by atoms with Gasteiger partial charge in [0.1, 0.15) is 5.75 Å². The minimum atomic E-state index is -0.669. The molecule has 1 saturated heterocycles. The standard InChI is InChI=1S/C27H28N6O5/c1-4-38-21-10-11-33(30-21)25-23-22(20(37-3)15-29-25)19(14-28-23)24(34)27(36)31-12-13-32(17(2)16-31)26(35)18-8-6-5-7-9-18/h5-11,14-15,17,28H,4,12-13,16H2,1-3H3/t17-/m1/s1. The number of carbonyl (C=O) groups excluding carboxylic acids is 3. The Labute approximate surface area is 219 Å². The topological polar surface area (TPSA) is 123 Å². The van der Waals surface area contributed by atoms with Gasteiger partial charge in [-0.05, 0) is 26.0 Å². The number of Topliss-reactive ketones (excluding diaryl/α,β-unsaturated/α-hetero) is 1. The Morgan fingerprint density at radius 2 is 1.92 bits per heavy atom. The Kier molecular flexibility index (Phi) is 6.82. The maximum Gasteiger partial charge on any atom is 0.295 e. The number of ketones is 1. The van der Waals surface area contributed by atoms with Gasteiger partial charge in [0.15, 0.2) is 5.82 Å². The lowest BCUT2D eigenvalue weighted by Gasteiger charge is -2.39. The number of rotatable bonds is 7. The van der Waals surface area contributed by atoms with Gasteiger partial charge in [-0.25, -0.2) is 9.67 Å². The minimum Gasteiger partial charge on any atom is -0.494 e. The van der Waals surface area contributed by atoms with Crippen LogP contribution in [0.3, 0.4) is 0 Å². The van der Waals surface area contributed by atoms with Gasteiger partial charge in [0.25, 0.3) is 17.6 Å². The average Bonchev–Trinajstić information content (AvgIpc) is 3.60. The first-order valence-electron chi connectivity index (χ1n) is 12.4. The number of fused-ring (bicyclic) bond motifs is 1. The van der Waals surface area contributed by atoms with Crippen LogP contribution in [0.15, 0.2) is 55.0 Å². The van der Waals surface area contributed by atoms with E-state index in [2.05, 4.69) is 15.1 Å². The number of pyridine rings is 1. The molecule has 0 saturated carbocycles. The summed E-state index contributed by atoms with van der Waals surface area (Å²) in [4.78, 5) is 50.4. The van der Waals surface area contributed by atoms with Crippen LogP contribution in [0.2, 0.25) is 0 Å². The lowest BCUT2D eigenvalue weighted by molar-refractivity contribution is -0.128. The van der Waals surface area contributed by atoms with E-state index in [4.69, 9.17) is 9.47 Å². The van der Waals surface area contributed by atoms with Crippen molar-refractivity contribution in [3.63, 3.8) is 0 Å². The van der Waals surface area contributed by atoms with Crippen LogP contribution in [0.1, 0.15) is 34.6 Å². The summed E-state index contributed by atoms with van der Waals surface area (Å²) in [6.07, 6.45) is 4.68. The average molecular weight is 517 g/mol. The molecule has 1 fully saturated rings. The van der Waals surface area contributed by atoms with Gasteiger partial charge in [0.05, 0.1) is 36.4 Å². The molecule has 0 bridgehead atoms. The molecular weight excluding hydrogens is 488 g/mol. The molecular formula is C27H28N6O5. The van der Waals surface area contributed by atoms with E-state index >= 15 is 0 Å². The lowest BCUT2D eigenvalue weighted by Crippen LogP contribution is -2.56. The number of piperazine rings is 1. The van der Waals surface area contributed by atoms with Crippen molar-refractivity contribution in [3.05, 3.63) is 66.1 Å². The van der Waals surface area contributed by atoms with Gasteiger partial charge in [0, 0.05) is 49.7 Å². The third-order valence-electron chi connectivity index (χ3n) is 6.58. The third-order valence-corrected chi connectivity index (χ3v) is 6.58. The summed E-state index contributed by atoms with van der Waals surface area (Å²) in [6.45, 7) is 5.05. The zero-order valence-electron chi connectivity index (χ0n) is 21.4. The highest BCUT2D eigenvalue weighted by Gasteiger charge is 2.34. The first-order valence-corrected chi connectivity index (χ1v) is 12.4. The number of amides is 2. The zero-order valence-corrected chi connectivity index (χ0v) is 21.4. The number of hydrogen-bond donors (Lipinski definition) is 1. The van der Waals surface area contributed by atoms with Gasteiger partial charge < -0.3 is 24.3 Å². The molecule has 11 nitrogen and oxygen atoms in total. The van der Waals surface area contributed by atoms with E-state index in [1.165, 1.54) is 29.1 Å². The van der Waals surface area contributed by atoms with Crippen LogP contribution in [0.4, 0.5) is 0 Å². The highest BCUT2D eigenvalue weighted by Crippen LogP contribution is 2.32. The second-order valence-corrected chi connectivity index (χ2v) is 8.93. The van der Waals surface area contributed by atoms with Gasteiger partial charge in [-0.1, -0.05) is 18.2 Å². The summed E-state index contributed by atoms with van der Waals surface area (Å²) in [6, 6.07) is 10.5. The molecule has 2 amide bonds. The molecule has 0 unspecified atom stereocenters. The summed E-state index contributed by atoms with van der Waals surface area (Å²) in [5, 5.41) is 4.81. The minimum absolute atomic E-state index is 0.0935. The predicted molar refractivity (Wildman–Crippen MR) is 139 cm³/mol. The first kappa shape index (κ1) is 25.0. The molecule has 1 N–H and O–H groups in total. The summed E-state index contributed by atoms with van der Waals surface area (Å²) in [5.41, 5.74) is 1.27. The molecule has 0 aliphatic carbocycles. The maximum absolute atomic E-state index is 13.5. The van der Waals surface area contributed by atoms with E-state index in [1.54, 1.807) is 29.3 Å². The van der Waals surface area contributed by atoms with Crippen LogP contribution in [-0.4, -0.2) is 86.5 Å². The molecule has 4 aromatic rings. The normalized spacial score (nSPS) is 15.5. The van der Waals surface area contributed by atoms with Crippen LogP contribution in [-0.2, 0) is 4.79 Å². The monoisotopic (exact) mass is 516 g/mol. The highest BCUT2D eigenvalue weighted by molar-refractivity contribution is 6.45. The van der Waals surface area contributed by atoms with Crippen molar-refractivity contribution in [1.29, 1.82) is 0 Å². The van der Waals surface area contributed by atoms with Crippen molar-refractivity contribution in [3.8, 4) is 17.4 Å². The molecule has 0 radical (unpaired) electrons. The van der Waals surface area contributed by atoms with Crippen molar-refractivity contribution >= 4 is 28.5 Å². The van der Waals surface area contributed by atoms with Crippen LogP contribution >= 0.6 is 0 Å². The van der Waals surface area contributed by atoms with Crippen molar-refractivity contribution in [1.82, 2.24) is 29.5 Å². The van der Waals surface area contributed by atoms with E-state index in [9.17, 15) is 14.4 Å². The number of methoxy groups -OCH3 is 1. The van der Waals surface area contributed by atoms with Crippen molar-refractivity contribution in [2.45, 2.75) is 19.9 Å². The largest absolute Gasteiger partial charge is 0.494 e. The number of aromatic amines is 1. The molecule has 196 valence electrons. The molecule has 5 rings (SSSR count). The number of carbonyl (C=O) groups is 3. The Balaban J connectivity index is 1.39. The SMILES string of the molecule is CCOc1ccn(-c2ncc(OC)c3c(C(=O)C(=O)N4CCN(C(=O)c5ccccc5)[C@H](C)C4)c[nH]c23)n1. The smallest absolute Gasteiger partial charge is 0.295 e. The molecule has 1 aromatic carbocycles. The molecule has 1 aliphatic rings. The maximum atomic E-state index is 13.5. The van der Waals surface area contributed by atoms with Crippen LogP contribution in [0.5, 0.6) is 11.6 Å².